The second-order valence-corrected chi connectivity index (χ2v) is 4.21. The average molecular weight is 222 g/mol. The van der Waals surface area contributed by atoms with Gasteiger partial charge in [0.25, 0.3) is 0 Å². The standard InChI is InChI=1S/C12H14O4/c1-7-6-16-11-4-8(13)2-3-9(11)10(7)5-12(14)15/h2-4,7,10,13H,5-6H2,1H3,(H,14,15)/t7-,10-/m0/s1. The topological polar surface area (TPSA) is 66.8 Å². The smallest absolute Gasteiger partial charge is 0.303 e. The first kappa shape index (κ1) is 10.8. The zero-order chi connectivity index (χ0) is 11.7. The monoisotopic (exact) mass is 222 g/mol. The number of fused-ring (bicyclic) bond motifs is 1. The summed E-state index contributed by atoms with van der Waals surface area (Å²) in [6, 6.07) is 4.85. The van der Waals surface area contributed by atoms with Crippen molar-refractivity contribution < 1.29 is 19.7 Å². The Morgan fingerprint density at radius 3 is 3.00 bits per heavy atom. The van der Waals surface area contributed by atoms with Gasteiger partial charge in [0, 0.05) is 12.0 Å². The van der Waals surface area contributed by atoms with E-state index in [2.05, 4.69) is 0 Å². The Morgan fingerprint density at radius 1 is 1.56 bits per heavy atom. The lowest BCUT2D eigenvalue weighted by molar-refractivity contribution is -0.137. The fraction of sp³-hybridized carbons (Fsp3) is 0.417. The van der Waals surface area contributed by atoms with Crippen molar-refractivity contribution >= 4 is 5.97 Å². The first-order valence-corrected chi connectivity index (χ1v) is 5.25. The molecule has 0 saturated heterocycles. The molecule has 0 fully saturated rings. The van der Waals surface area contributed by atoms with Crippen molar-refractivity contribution in [2.45, 2.75) is 19.3 Å². The molecular weight excluding hydrogens is 208 g/mol. The minimum atomic E-state index is -0.808. The van der Waals surface area contributed by atoms with Gasteiger partial charge in [0.05, 0.1) is 13.0 Å². The molecule has 0 amide bonds. The maximum Gasteiger partial charge on any atom is 0.303 e. The normalized spacial score (nSPS) is 23.3. The number of phenols is 1. The van der Waals surface area contributed by atoms with Crippen LogP contribution in [-0.4, -0.2) is 22.8 Å². The number of carboxylic acid groups (broad SMARTS) is 1. The fourth-order valence-electron chi connectivity index (χ4n) is 2.10. The van der Waals surface area contributed by atoms with Crippen molar-refractivity contribution in [2.75, 3.05) is 6.61 Å². The lowest BCUT2D eigenvalue weighted by Crippen LogP contribution is -2.25. The van der Waals surface area contributed by atoms with Crippen molar-refractivity contribution in [3.8, 4) is 11.5 Å². The lowest BCUT2D eigenvalue weighted by Gasteiger charge is -2.30. The highest BCUT2D eigenvalue weighted by molar-refractivity contribution is 5.68. The van der Waals surface area contributed by atoms with Gasteiger partial charge in [-0.15, -0.1) is 0 Å². The zero-order valence-electron chi connectivity index (χ0n) is 9.01. The third-order valence-electron chi connectivity index (χ3n) is 2.98. The molecule has 0 aliphatic carbocycles. The van der Waals surface area contributed by atoms with Crippen LogP contribution in [0.5, 0.6) is 11.5 Å². The number of aliphatic carboxylic acids is 1. The second-order valence-electron chi connectivity index (χ2n) is 4.21. The Labute approximate surface area is 93.5 Å². The van der Waals surface area contributed by atoms with Crippen molar-refractivity contribution in [1.29, 1.82) is 0 Å². The van der Waals surface area contributed by atoms with Gasteiger partial charge in [-0.1, -0.05) is 13.0 Å². The van der Waals surface area contributed by atoms with Crippen molar-refractivity contribution in [3.63, 3.8) is 0 Å². The van der Waals surface area contributed by atoms with Crippen LogP contribution < -0.4 is 4.74 Å². The second kappa shape index (κ2) is 4.04. The van der Waals surface area contributed by atoms with E-state index in [0.717, 1.165) is 5.56 Å². The lowest BCUT2D eigenvalue weighted by atomic mass is 9.83. The van der Waals surface area contributed by atoms with E-state index in [-0.39, 0.29) is 24.0 Å². The molecule has 0 aromatic heterocycles. The molecule has 4 heteroatoms. The number of carbonyl (C=O) groups is 1. The van der Waals surface area contributed by atoms with Crippen LogP contribution in [0.2, 0.25) is 0 Å². The quantitative estimate of drug-likeness (QED) is 0.802. The molecule has 0 spiro atoms. The number of aromatic hydroxyl groups is 1. The van der Waals surface area contributed by atoms with Gasteiger partial charge < -0.3 is 14.9 Å². The third-order valence-corrected chi connectivity index (χ3v) is 2.98. The van der Waals surface area contributed by atoms with E-state index in [9.17, 15) is 9.90 Å². The summed E-state index contributed by atoms with van der Waals surface area (Å²) in [5, 5.41) is 18.2. The minimum Gasteiger partial charge on any atom is -0.508 e. The number of benzene rings is 1. The van der Waals surface area contributed by atoms with Gasteiger partial charge in [-0.05, 0) is 17.5 Å². The Bertz CT molecular complexity index is 413. The van der Waals surface area contributed by atoms with Gasteiger partial charge in [0.15, 0.2) is 0 Å². The summed E-state index contributed by atoms with van der Waals surface area (Å²) < 4.78 is 5.48. The highest BCUT2D eigenvalue weighted by Gasteiger charge is 2.29. The van der Waals surface area contributed by atoms with E-state index in [1.807, 2.05) is 6.92 Å². The summed E-state index contributed by atoms with van der Waals surface area (Å²) in [7, 11) is 0. The van der Waals surface area contributed by atoms with Gasteiger partial charge in [-0.3, -0.25) is 4.79 Å². The van der Waals surface area contributed by atoms with Gasteiger partial charge in [0.2, 0.25) is 0 Å². The molecule has 1 aromatic carbocycles. The van der Waals surface area contributed by atoms with Crippen LogP contribution in [0, 0.1) is 5.92 Å². The SMILES string of the molecule is C[C@H]1COc2cc(O)ccc2[C@H]1CC(=O)O. The summed E-state index contributed by atoms with van der Waals surface area (Å²) in [6.45, 7) is 2.47. The van der Waals surface area contributed by atoms with Gasteiger partial charge in [-0.2, -0.15) is 0 Å². The molecular formula is C12H14O4. The maximum atomic E-state index is 10.8. The number of hydrogen-bond acceptors (Lipinski definition) is 3. The summed E-state index contributed by atoms with van der Waals surface area (Å²) in [6.07, 6.45) is 0.0995. The molecule has 2 rings (SSSR count). The van der Waals surface area contributed by atoms with Crippen LogP contribution >= 0.6 is 0 Å². The first-order chi connectivity index (χ1) is 7.58. The van der Waals surface area contributed by atoms with Crippen LogP contribution in [0.25, 0.3) is 0 Å². The van der Waals surface area contributed by atoms with Gasteiger partial charge in [-0.25, -0.2) is 0 Å². The highest BCUT2D eigenvalue weighted by Crippen LogP contribution is 2.40. The molecule has 86 valence electrons. The van der Waals surface area contributed by atoms with Crippen LogP contribution in [0.15, 0.2) is 18.2 Å². The maximum absolute atomic E-state index is 10.8. The van der Waals surface area contributed by atoms with Gasteiger partial charge >= 0.3 is 5.97 Å². The predicted octanol–water partition coefficient (Wildman–Crippen LogP) is 1.98. The largest absolute Gasteiger partial charge is 0.508 e. The van der Waals surface area contributed by atoms with E-state index >= 15 is 0 Å². The molecule has 1 aliphatic rings. The van der Waals surface area contributed by atoms with Crippen LogP contribution in [0.3, 0.4) is 0 Å². The number of rotatable bonds is 2. The molecule has 2 atom stereocenters. The Hall–Kier alpha value is -1.71. The van der Waals surface area contributed by atoms with Crippen LogP contribution in [0.4, 0.5) is 0 Å². The van der Waals surface area contributed by atoms with Gasteiger partial charge in [0.1, 0.15) is 11.5 Å². The third kappa shape index (κ3) is 1.96. The van der Waals surface area contributed by atoms with Crippen molar-refractivity contribution in [3.05, 3.63) is 23.8 Å². The Morgan fingerprint density at radius 2 is 2.31 bits per heavy atom. The first-order valence-electron chi connectivity index (χ1n) is 5.25. The molecule has 0 saturated carbocycles. The summed E-state index contributed by atoms with van der Waals surface area (Å²) in [5.41, 5.74) is 0.874. The molecule has 4 nitrogen and oxygen atoms in total. The summed E-state index contributed by atoms with van der Waals surface area (Å²) in [5.74, 6) is 0.0690. The molecule has 1 aromatic rings. The van der Waals surface area contributed by atoms with E-state index in [0.29, 0.717) is 12.4 Å². The molecule has 2 N–H and O–H groups in total. The Balaban J connectivity index is 2.36. The molecule has 0 radical (unpaired) electrons. The zero-order valence-corrected chi connectivity index (χ0v) is 9.01. The Kier molecular flexibility index (Phi) is 2.73. The van der Waals surface area contributed by atoms with E-state index < -0.39 is 5.97 Å². The van der Waals surface area contributed by atoms with E-state index in [4.69, 9.17) is 9.84 Å². The van der Waals surface area contributed by atoms with Crippen molar-refractivity contribution in [2.24, 2.45) is 5.92 Å². The molecule has 0 unspecified atom stereocenters. The highest BCUT2D eigenvalue weighted by atomic mass is 16.5. The number of ether oxygens (including phenoxy) is 1. The van der Waals surface area contributed by atoms with Crippen molar-refractivity contribution in [1.82, 2.24) is 0 Å². The van der Waals surface area contributed by atoms with Crippen LogP contribution in [-0.2, 0) is 4.79 Å². The molecule has 1 aliphatic heterocycles. The fourth-order valence-corrected chi connectivity index (χ4v) is 2.10. The molecule has 16 heavy (non-hydrogen) atoms. The van der Waals surface area contributed by atoms with E-state index in [1.54, 1.807) is 12.1 Å². The molecule has 1 heterocycles. The van der Waals surface area contributed by atoms with Crippen LogP contribution in [0.1, 0.15) is 24.8 Å². The predicted molar refractivity (Wildman–Crippen MR) is 57.8 cm³/mol. The molecule has 0 bridgehead atoms. The number of carboxylic acids is 1. The van der Waals surface area contributed by atoms with E-state index in [1.165, 1.54) is 6.07 Å². The number of phenolic OH excluding ortho intramolecular Hbond substituents is 1. The summed E-state index contributed by atoms with van der Waals surface area (Å²) in [4.78, 5) is 10.8. The summed E-state index contributed by atoms with van der Waals surface area (Å²) >= 11 is 0. The number of hydrogen-bond donors (Lipinski definition) is 2. The average Bonchev–Trinajstić information content (AvgIpc) is 2.22. The minimum absolute atomic E-state index is 0.0400.